The van der Waals surface area contributed by atoms with Gasteiger partial charge in [-0.1, -0.05) is 23.2 Å². The van der Waals surface area contributed by atoms with Gasteiger partial charge in [-0.05, 0) is 89.9 Å². The fraction of sp³-hybridized carbons (Fsp3) is 0.455. The molecule has 3 heterocycles. The van der Waals surface area contributed by atoms with E-state index in [0.29, 0.717) is 56.5 Å². The SMILES string of the molecule is CC(C)(C)OC(=O)CN(c1ccc2c(c1)CCN2c1cncc(N2CCN(C(=O)OC(C)(C)C)CC2)n1)S(=O)(=O)c1cc(Cl)cc(Cl)c1. The number of sulfonamides is 1. The van der Waals surface area contributed by atoms with Crippen molar-refractivity contribution in [2.45, 2.75) is 64.1 Å². The second-order valence-electron chi connectivity index (χ2n) is 13.6. The Morgan fingerprint density at radius 3 is 2.10 bits per heavy atom. The molecule has 0 unspecified atom stereocenters. The third-order valence-electron chi connectivity index (χ3n) is 7.50. The average molecular weight is 720 g/mol. The standard InChI is InChI=1S/C33H40Cl2N6O6S/c1-32(2,3)46-30(42)21-41(48(44,45)26-17-23(34)16-24(35)18-26)25-7-8-27-22(15-25)9-10-40(27)29-20-36-19-28(37-29)38-11-13-39(14-12-38)31(43)47-33(4,5)6/h7-8,15-20H,9-14,21H2,1-6H3. The number of benzene rings is 2. The topological polar surface area (TPSA) is 125 Å². The van der Waals surface area contributed by atoms with Gasteiger partial charge in [-0.25, -0.2) is 18.2 Å². The van der Waals surface area contributed by atoms with Crippen LogP contribution in [0.4, 0.5) is 27.8 Å². The third-order valence-corrected chi connectivity index (χ3v) is 9.69. The number of rotatable bonds is 7. The van der Waals surface area contributed by atoms with Crippen LogP contribution in [0.3, 0.4) is 0 Å². The molecule has 0 saturated carbocycles. The van der Waals surface area contributed by atoms with Crippen molar-refractivity contribution in [1.82, 2.24) is 14.9 Å². The number of carbonyl (C=O) groups is 2. The highest BCUT2D eigenvalue weighted by molar-refractivity contribution is 7.92. The van der Waals surface area contributed by atoms with Crippen LogP contribution in [0.2, 0.25) is 10.0 Å². The number of fused-ring (bicyclic) bond motifs is 1. The Kier molecular flexibility index (Phi) is 10.1. The van der Waals surface area contributed by atoms with E-state index in [1.165, 1.54) is 18.2 Å². The first-order chi connectivity index (χ1) is 22.4. The first-order valence-corrected chi connectivity index (χ1v) is 17.8. The number of halogens is 2. The molecule has 0 radical (unpaired) electrons. The third kappa shape index (κ3) is 8.42. The van der Waals surface area contributed by atoms with E-state index in [2.05, 4.69) is 9.88 Å². The fourth-order valence-electron chi connectivity index (χ4n) is 5.46. The van der Waals surface area contributed by atoms with Crippen molar-refractivity contribution in [3.8, 4) is 0 Å². The van der Waals surface area contributed by atoms with Crippen LogP contribution in [-0.4, -0.2) is 85.8 Å². The van der Waals surface area contributed by atoms with E-state index in [9.17, 15) is 18.0 Å². The van der Waals surface area contributed by atoms with Gasteiger partial charge in [-0.2, -0.15) is 0 Å². The highest BCUT2D eigenvalue weighted by Crippen LogP contribution is 2.38. The highest BCUT2D eigenvalue weighted by Gasteiger charge is 2.32. The van der Waals surface area contributed by atoms with Crippen LogP contribution >= 0.6 is 23.2 Å². The maximum atomic E-state index is 14.0. The predicted octanol–water partition coefficient (Wildman–Crippen LogP) is 6.07. The van der Waals surface area contributed by atoms with Gasteiger partial charge in [0.1, 0.15) is 23.6 Å². The Morgan fingerprint density at radius 1 is 0.854 bits per heavy atom. The lowest BCUT2D eigenvalue weighted by Gasteiger charge is -2.36. The summed E-state index contributed by atoms with van der Waals surface area (Å²) in [5, 5.41) is 0.298. The van der Waals surface area contributed by atoms with Crippen LogP contribution in [0.15, 0.2) is 53.7 Å². The van der Waals surface area contributed by atoms with E-state index in [0.717, 1.165) is 15.6 Å². The molecule has 0 aliphatic carbocycles. The van der Waals surface area contributed by atoms with Crippen LogP contribution in [0.1, 0.15) is 47.1 Å². The van der Waals surface area contributed by atoms with Crippen LogP contribution in [0, 0.1) is 0 Å². The minimum Gasteiger partial charge on any atom is -0.459 e. The van der Waals surface area contributed by atoms with Crippen molar-refractivity contribution in [1.29, 1.82) is 0 Å². The lowest BCUT2D eigenvalue weighted by atomic mass is 10.1. The summed E-state index contributed by atoms with van der Waals surface area (Å²) in [7, 11) is -4.28. The number of hydrogen-bond donors (Lipinski definition) is 0. The number of ether oxygens (including phenoxy) is 2. The predicted molar refractivity (Wildman–Crippen MR) is 186 cm³/mol. The summed E-state index contributed by atoms with van der Waals surface area (Å²) in [6, 6.07) is 9.25. The van der Waals surface area contributed by atoms with Crippen molar-refractivity contribution in [2.24, 2.45) is 0 Å². The van der Waals surface area contributed by atoms with Gasteiger partial charge in [0.05, 0.1) is 23.0 Å². The molecule has 0 spiro atoms. The second kappa shape index (κ2) is 13.6. The van der Waals surface area contributed by atoms with Crippen molar-refractivity contribution >= 4 is 68.3 Å². The number of nitrogens with zero attached hydrogens (tertiary/aromatic N) is 6. The minimum atomic E-state index is -4.28. The number of anilines is 4. The molecule has 2 aromatic carbocycles. The molecular formula is C33H40Cl2N6O6S. The molecule has 1 aromatic heterocycles. The van der Waals surface area contributed by atoms with E-state index < -0.39 is 33.7 Å². The maximum Gasteiger partial charge on any atom is 0.410 e. The zero-order valence-electron chi connectivity index (χ0n) is 27.9. The van der Waals surface area contributed by atoms with Crippen LogP contribution < -0.4 is 14.1 Å². The summed E-state index contributed by atoms with van der Waals surface area (Å²) in [5.41, 5.74) is 0.640. The summed E-state index contributed by atoms with van der Waals surface area (Å²) in [5.74, 6) is 0.622. The molecule has 2 aliphatic heterocycles. The molecule has 1 saturated heterocycles. The number of esters is 1. The highest BCUT2D eigenvalue weighted by atomic mass is 35.5. The zero-order chi connectivity index (χ0) is 35.0. The van der Waals surface area contributed by atoms with Crippen molar-refractivity contribution in [3.63, 3.8) is 0 Å². The molecule has 0 N–H and O–H groups in total. The Morgan fingerprint density at radius 2 is 1.48 bits per heavy atom. The second-order valence-corrected chi connectivity index (χ2v) is 16.3. The normalized spacial score (nSPS) is 15.3. The summed E-state index contributed by atoms with van der Waals surface area (Å²) in [6.45, 7) is 12.9. The molecule has 258 valence electrons. The smallest absolute Gasteiger partial charge is 0.410 e. The Balaban J connectivity index is 1.38. The fourth-order valence-corrected chi connectivity index (χ4v) is 7.59. The molecule has 15 heteroatoms. The summed E-state index contributed by atoms with van der Waals surface area (Å²) in [6.07, 6.45) is 3.66. The lowest BCUT2D eigenvalue weighted by Crippen LogP contribution is -2.50. The molecule has 2 aliphatic rings. The van der Waals surface area contributed by atoms with Crippen molar-refractivity contribution in [2.75, 3.05) is 53.4 Å². The Hall–Kier alpha value is -3.81. The van der Waals surface area contributed by atoms with E-state index in [1.54, 1.807) is 50.2 Å². The largest absolute Gasteiger partial charge is 0.459 e. The van der Waals surface area contributed by atoms with E-state index in [1.807, 2.05) is 31.7 Å². The zero-order valence-corrected chi connectivity index (χ0v) is 30.2. The number of hydrogen-bond acceptors (Lipinski definition) is 10. The molecule has 5 rings (SSSR count). The number of piperazine rings is 1. The van der Waals surface area contributed by atoms with Crippen LogP contribution in [-0.2, 0) is 30.7 Å². The summed E-state index contributed by atoms with van der Waals surface area (Å²) >= 11 is 12.3. The molecule has 3 aromatic rings. The first-order valence-electron chi connectivity index (χ1n) is 15.6. The quantitative estimate of drug-likeness (QED) is 0.266. The molecule has 1 amide bonds. The molecule has 48 heavy (non-hydrogen) atoms. The van der Waals surface area contributed by atoms with Gasteiger partial charge in [-0.15, -0.1) is 0 Å². The Bertz CT molecular complexity index is 1780. The minimum absolute atomic E-state index is 0.148. The Labute approximate surface area is 291 Å². The number of carbonyl (C=O) groups excluding carboxylic acids is 2. The van der Waals surface area contributed by atoms with E-state index >= 15 is 0 Å². The maximum absolute atomic E-state index is 14.0. The number of aromatic nitrogens is 2. The van der Waals surface area contributed by atoms with E-state index in [4.69, 9.17) is 37.7 Å². The monoisotopic (exact) mass is 718 g/mol. The lowest BCUT2D eigenvalue weighted by molar-refractivity contribution is -0.152. The van der Waals surface area contributed by atoms with Crippen molar-refractivity contribution < 1.29 is 27.5 Å². The molecular weight excluding hydrogens is 679 g/mol. The summed E-state index contributed by atoms with van der Waals surface area (Å²) in [4.78, 5) is 40.5. The average Bonchev–Trinajstić information content (AvgIpc) is 3.41. The van der Waals surface area contributed by atoms with Gasteiger partial charge >= 0.3 is 12.1 Å². The molecule has 0 bridgehead atoms. The van der Waals surface area contributed by atoms with Crippen molar-refractivity contribution in [3.05, 3.63) is 64.4 Å². The van der Waals surface area contributed by atoms with Crippen LogP contribution in [0.5, 0.6) is 0 Å². The van der Waals surface area contributed by atoms with Gasteiger partial charge < -0.3 is 24.2 Å². The van der Waals surface area contributed by atoms with Gasteiger partial charge in [0.15, 0.2) is 5.82 Å². The van der Waals surface area contributed by atoms with Crippen LogP contribution in [0.25, 0.3) is 0 Å². The van der Waals surface area contributed by atoms with Gasteiger partial charge in [0.25, 0.3) is 10.0 Å². The molecule has 12 nitrogen and oxygen atoms in total. The molecule has 0 atom stereocenters. The first kappa shape index (κ1) is 35.5. The van der Waals surface area contributed by atoms with Gasteiger partial charge in [-0.3, -0.25) is 14.1 Å². The summed E-state index contributed by atoms with van der Waals surface area (Å²) < 4.78 is 40.0. The molecule has 1 fully saturated rings. The van der Waals surface area contributed by atoms with E-state index in [-0.39, 0.29) is 21.0 Å². The number of amides is 1. The van der Waals surface area contributed by atoms with Gasteiger partial charge in [0, 0.05) is 48.5 Å². The van der Waals surface area contributed by atoms with Gasteiger partial charge in [0.2, 0.25) is 0 Å².